The minimum Gasteiger partial charge on any atom is -0.351 e. The standard InChI is InChI=1S/C22H24FN3O3/c1-16(27)25-11-13-26(14-12-25)21(28)9-10-24-22(29)19-15-18(7-8-20(19)23)17-5-3-2-4-6-17/h2-8,15H,9-14H2,1H3,(H,24,29). The zero-order valence-corrected chi connectivity index (χ0v) is 16.4. The second-order valence-electron chi connectivity index (χ2n) is 6.95. The third-order valence-corrected chi connectivity index (χ3v) is 5.02. The summed E-state index contributed by atoms with van der Waals surface area (Å²) in [7, 11) is 0. The molecule has 1 aliphatic rings. The number of hydrogen-bond acceptors (Lipinski definition) is 3. The van der Waals surface area contributed by atoms with Crippen LogP contribution in [0.25, 0.3) is 11.1 Å². The summed E-state index contributed by atoms with van der Waals surface area (Å²) >= 11 is 0. The number of carbonyl (C=O) groups is 3. The molecule has 1 fully saturated rings. The van der Waals surface area contributed by atoms with Crippen LogP contribution in [-0.2, 0) is 9.59 Å². The van der Waals surface area contributed by atoms with Crippen molar-refractivity contribution in [3.8, 4) is 11.1 Å². The highest BCUT2D eigenvalue weighted by Gasteiger charge is 2.22. The van der Waals surface area contributed by atoms with Gasteiger partial charge in [0.2, 0.25) is 11.8 Å². The van der Waals surface area contributed by atoms with E-state index in [1.807, 2.05) is 30.3 Å². The molecule has 0 aromatic heterocycles. The van der Waals surface area contributed by atoms with E-state index in [1.165, 1.54) is 19.1 Å². The summed E-state index contributed by atoms with van der Waals surface area (Å²) in [5.74, 6) is -1.24. The molecular weight excluding hydrogens is 373 g/mol. The van der Waals surface area contributed by atoms with Crippen molar-refractivity contribution in [1.82, 2.24) is 15.1 Å². The zero-order valence-electron chi connectivity index (χ0n) is 16.4. The van der Waals surface area contributed by atoms with E-state index >= 15 is 0 Å². The van der Waals surface area contributed by atoms with Crippen LogP contribution in [0, 0.1) is 5.82 Å². The van der Waals surface area contributed by atoms with E-state index in [-0.39, 0.29) is 30.3 Å². The number of hydrogen-bond donors (Lipinski definition) is 1. The maximum absolute atomic E-state index is 14.1. The molecule has 0 radical (unpaired) electrons. The van der Waals surface area contributed by atoms with Crippen molar-refractivity contribution in [1.29, 1.82) is 0 Å². The van der Waals surface area contributed by atoms with Gasteiger partial charge in [-0.2, -0.15) is 0 Å². The lowest BCUT2D eigenvalue weighted by Gasteiger charge is -2.34. The summed E-state index contributed by atoms with van der Waals surface area (Å²) in [6.07, 6.45) is 0.131. The monoisotopic (exact) mass is 397 g/mol. The molecule has 0 unspecified atom stereocenters. The number of halogens is 1. The molecule has 0 aliphatic carbocycles. The summed E-state index contributed by atoms with van der Waals surface area (Å²) in [4.78, 5) is 39.4. The third-order valence-electron chi connectivity index (χ3n) is 5.02. The second-order valence-corrected chi connectivity index (χ2v) is 6.95. The normalized spacial score (nSPS) is 13.9. The van der Waals surface area contributed by atoms with Gasteiger partial charge in [-0.3, -0.25) is 14.4 Å². The minimum atomic E-state index is -0.603. The van der Waals surface area contributed by atoms with E-state index in [2.05, 4.69) is 5.32 Å². The first-order chi connectivity index (χ1) is 14.0. The van der Waals surface area contributed by atoms with Crippen molar-refractivity contribution < 1.29 is 18.8 Å². The fraction of sp³-hybridized carbons (Fsp3) is 0.318. The molecule has 1 aliphatic heterocycles. The Balaban J connectivity index is 1.53. The van der Waals surface area contributed by atoms with Crippen LogP contribution in [0.15, 0.2) is 48.5 Å². The van der Waals surface area contributed by atoms with E-state index in [4.69, 9.17) is 0 Å². The summed E-state index contributed by atoms with van der Waals surface area (Å²) in [6.45, 7) is 3.65. The van der Waals surface area contributed by atoms with Gasteiger partial charge in [-0.05, 0) is 23.3 Å². The van der Waals surface area contributed by atoms with Gasteiger partial charge in [0.15, 0.2) is 0 Å². The van der Waals surface area contributed by atoms with E-state index in [1.54, 1.807) is 15.9 Å². The molecule has 2 aromatic carbocycles. The Morgan fingerprint density at radius 2 is 1.59 bits per heavy atom. The van der Waals surface area contributed by atoms with E-state index in [0.717, 1.165) is 11.1 Å². The molecule has 1 N–H and O–H groups in total. The molecular formula is C22H24FN3O3. The van der Waals surface area contributed by atoms with E-state index in [0.29, 0.717) is 26.2 Å². The molecule has 7 heteroatoms. The van der Waals surface area contributed by atoms with Crippen molar-refractivity contribution in [3.05, 3.63) is 59.9 Å². The predicted octanol–water partition coefficient (Wildman–Crippen LogP) is 2.30. The van der Waals surface area contributed by atoms with Crippen LogP contribution in [0.1, 0.15) is 23.7 Å². The highest BCUT2D eigenvalue weighted by Crippen LogP contribution is 2.22. The fourth-order valence-corrected chi connectivity index (χ4v) is 3.32. The molecule has 6 nitrogen and oxygen atoms in total. The number of rotatable bonds is 5. The highest BCUT2D eigenvalue weighted by molar-refractivity contribution is 5.96. The second kappa shape index (κ2) is 9.32. The van der Waals surface area contributed by atoms with Gasteiger partial charge in [-0.1, -0.05) is 36.4 Å². The molecule has 0 atom stereocenters. The van der Waals surface area contributed by atoms with Crippen LogP contribution >= 0.6 is 0 Å². The summed E-state index contributed by atoms with van der Waals surface area (Å²) < 4.78 is 14.1. The van der Waals surface area contributed by atoms with Crippen molar-refractivity contribution in [3.63, 3.8) is 0 Å². The Labute approximate surface area is 169 Å². The summed E-state index contributed by atoms with van der Waals surface area (Å²) in [6, 6.07) is 13.8. The van der Waals surface area contributed by atoms with Crippen molar-refractivity contribution in [2.24, 2.45) is 0 Å². The number of piperazine rings is 1. The molecule has 1 heterocycles. The first kappa shape index (κ1) is 20.5. The van der Waals surface area contributed by atoms with Crippen LogP contribution in [-0.4, -0.2) is 60.2 Å². The predicted molar refractivity (Wildman–Crippen MR) is 108 cm³/mol. The van der Waals surface area contributed by atoms with E-state index < -0.39 is 11.7 Å². The van der Waals surface area contributed by atoms with Gasteiger partial charge in [0.25, 0.3) is 5.91 Å². The fourth-order valence-electron chi connectivity index (χ4n) is 3.32. The van der Waals surface area contributed by atoms with Crippen molar-refractivity contribution >= 4 is 17.7 Å². The lowest BCUT2D eigenvalue weighted by atomic mass is 10.0. The number of amides is 3. The molecule has 0 bridgehead atoms. The summed E-state index contributed by atoms with van der Waals surface area (Å²) in [5.41, 5.74) is 1.59. The Kier molecular flexibility index (Phi) is 6.59. The minimum absolute atomic E-state index is 0.00382. The number of carbonyl (C=O) groups excluding carboxylic acids is 3. The Hall–Kier alpha value is -3.22. The van der Waals surface area contributed by atoms with Gasteiger partial charge in [-0.15, -0.1) is 0 Å². The Morgan fingerprint density at radius 3 is 2.24 bits per heavy atom. The maximum atomic E-state index is 14.1. The van der Waals surface area contributed by atoms with Crippen molar-refractivity contribution in [2.75, 3.05) is 32.7 Å². The largest absolute Gasteiger partial charge is 0.351 e. The number of nitrogens with one attached hydrogen (secondary N) is 1. The molecule has 1 saturated heterocycles. The molecule has 2 aromatic rings. The molecule has 0 saturated carbocycles. The molecule has 0 spiro atoms. The highest BCUT2D eigenvalue weighted by atomic mass is 19.1. The topological polar surface area (TPSA) is 69.7 Å². The van der Waals surface area contributed by atoms with Gasteiger partial charge in [-0.25, -0.2) is 4.39 Å². The van der Waals surface area contributed by atoms with E-state index in [9.17, 15) is 18.8 Å². The van der Waals surface area contributed by atoms with Crippen LogP contribution in [0.3, 0.4) is 0 Å². The quantitative estimate of drug-likeness (QED) is 0.842. The van der Waals surface area contributed by atoms with Crippen LogP contribution < -0.4 is 5.32 Å². The lowest BCUT2D eigenvalue weighted by Crippen LogP contribution is -2.50. The Morgan fingerprint density at radius 1 is 0.931 bits per heavy atom. The zero-order chi connectivity index (χ0) is 20.8. The number of benzene rings is 2. The number of nitrogens with zero attached hydrogens (tertiary/aromatic N) is 2. The maximum Gasteiger partial charge on any atom is 0.254 e. The summed E-state index contributed by atoms with van der Waals surface area (Å²) in [5, 5.41) is 2.62. The smallest absolute Gasteiger partial charge is 0.254 e. The average Bonchev–Trinajstić information content (AvgIpc) is 2.74. The van der Waals surface area contributed by atoms with Crippen LogP contribution in [0.2, 0.25) is 0 Å². The molecule has 3 amide bonds. The lowest BCUT2D eigenvalue weighted by molar-refractivity contribution is -0.138. The first-order valence-electron chi connectivity index (χ1n) is 9.62. The van der Waals surface area contributed by atoms with Gasteiger partial charge in [0, 0.05) is 46.1 Å². The van der Waals surface area contributed by atoms with Gasteiger partial charge in [0.05, 0.1) is 5.56 Å². The van der Waals surface area contributed by atoms with Gasteiger partial charge in [0.1, 0.15) is 5.82 Å². The average molecular weight is 397 g/mol. The van der Waals surface area contributed by atoms with Gasteiger partial charge >= 0.3 is 0 Å². The third kappa shape index (κ3) is 5.19. The molecule has 3 rings (SSSR count). The van der Waals surface area contributed by atoms with Crippen molar-refractivity contribution in [2.45, 2.75) is 13.3 Å². The molecule has 29 heavy (non-hydrogen) atoms. The van der Waals surface area contributed by atoms with Crippen LogP contribution in [0.4, 0.5) is 4.39 Å². The van der Waals surface area contributed by atoms with Crippen LogP contribution in [0.5, 0.6) is 0 Å². The molecule has 152 valence electrons. The first-order valence-corrected chi connectivity index (χ1v) is 9.62. The Bertz CT molecular complexity index is 893. The SMILES string of the molecule is CC(=O)N1CCN(C(=O)CCNC(=O)c2cc(-c3ccccc3)ccc2F)CC1. The van der Waals surface area contributed by atoms with Gasteiger partial charge < -0.3 is 15.1 Å².